The molecule has 1 spiro atoms. The van der Waals surface area contributed by atoms with Gasteiger partial charge in [-0.1, -0.05) is 72.3 Å². The molecule has 0 saturated carbocycles. The van der Waals surface area contributed by atoms with E-state index in [1.54, 1.807) is 0 Å². The van der Waals surface area contributed by atoms with Gasteiger partial charge in [-0.2, -0.15) is 0 Å². The molecule has 7 heteroatoms. The van der Waals surface area contributed by atoms with Crippen molar-refractivity contribution in [3.8, 4) is 0 Å². The predicted octanol–water partition coefficient (Wildman–Crippen LogP) is 5.19. The zero-order valence-electron chi connectivity index (χ0n) is 23.0. The Balaban J connectivity index is 1.33. The lowest BCUT2D eigenvalue weighted by Crippen LogP contribution is -2.73. The fraction of sp³-hybridized carbons (Fsp3) is 0.294. The van der Waals surface area contributed by atoms with Gasteiger partial charge in [0, 0.05) is 18.4 Å². The van der Waals surface area contributed by atoms with E-state index in [0.717, 1.165) is 46.3 Å². The fourth-order valence-corrected chi connectivity index (χ4v) is 7.08. The number of fused-ring (bicyclic) bond motifs is 5. The standard InChI is InChI=1S/C34H32N4O3/c1-22-12-13-28-26(16-22)19-27-20-34(31(39)36-33(41)38(32(34)40)21-24-10-6-3-7-11-24)29-18-25(14-15-37(29)30(27)35-28)17-23-8-4-2-5-9-23/h2-13,16,19,25,29H,14-15,17-18,20-21H2,1H3,(H,36,39,41)/t25-,29-,34+/m1/s1. The van der Waals surface area contributed by atoms with Crippen LogP contribution in [0.1, 0.15) is 35.1 Å². The van der Waals surface area contributed by atoms with Gasteiger partial charge in [0.2, 0.25) is 11.8 Å². The molecular weight excluding hydrogens is 512 g/mol. The van der Waals surface area contributed by atoms with Crippen LogP contribution in [0.2, 0.25) is 0 Å². The van der Waals surface area contributed by atoms with E-state index >= 15 is 0 Å². The third-order valence-corrected chi connectivity index (χ3v) is 9.10. The summed E-state index contributed by atoms with van der Waals surface area (Å²) in [5, 5.41) is 3.58. The Morgan fingerprint density at radius 2 is 1.66 bits per heavy atom. The molecule has 3 aromatic carbocycles. The van der Waals surface area contributed by atoms with Crippen molar-refractivity contribution in [2.24, 2.45) is 11.3 Å². The molecule has 3 aliphatic rings. The average Bonchev–Trinajstić information content (AvgIpc) is 2.98. The van der Waals surface area contributed by atoms with Gasteiger partial charge in [0.1, 0.15) is 5.82 Å². The Kier molecular flexibility index (Phi) is 6.11. The maximum Gasteiger partial charge on any atom is 0.331 e. The predicted molar refractivity (Wildman–Crippen MR) is 157 cm³/mol. The number of carbonyl (C=O) groups is 3. The van der Waals surface area contributed by atoms with Crippen LogP contribution in [0.4, 0.5) is 10.6 Å². The molecule has 3 aliphatic heterocycles. The highest BCUT2D eigenvalue weighted by Gasteiger charge is 2.63. The fourth-order valence-electron chi connectivity index (χ4n) is 7.08. The molecule has 0 aliphatic carbocycles. The maximum atomic E-state index is 14.6. The van der Waals surface area contributed by atoms with Crippen molar-refractivity contribution in [1.29, 1.82) is 0 Å². The lowest BCUT2D eigenvalue weighted by Gasteiger charge is -2.54. The Morgan fingerprint density at radius 1 is 0.927 bits per heavy atom. The number of aromatic nitrogens is 1. The summed E-state index contributed by atoms with van der Waals surface area (Å²) in [6, 6.07) is 27.0. The van der Waals surface area contributed by atoms with Crippen LogP contribution in [0.15, 0.2) is 84.9 Å². The Bertz CT molecular complexity index is 1670. The Morgan fingerprint density at radius 3 is 2.41 bits per heavy atom. The van der Waals surface area contributed by atoms with Crippen LogP contribution in [-0.2, 0) is 29.0 Å². The van der Waals surface area contributed by atoms with Crippen LogP contribution < -0.4 is 10.2 Å². The van der Waals surface area contributed by atoms with E-state index in [2.05, 4.69) is 40.5 Å². The van der Waals surface area contributed by atoms with E-state index in [-0.39, 0.29) is 13.0 Å². The summed E-state index contributed by atoms with van der Waals surface area (Å²) in [4.78, 5) is 50.2. The molecule has 3 atom stereocenters. The van der Waals surface area contributed by atoms with Crippen molar-refractivity contribution in [2.75, 3.05) is 11.4 Å². The first kappa shape index (κ1) is 25.4. The van der Waals surface area contributed by atoms with Crippen molar-refractivity contribution >= 4 is 34.6 Å². The highest BCUT2D eigenvalue weighted by atomic mass is 16.2. The molecule has 4 aromatic rings. The summed E-state index contributed by atoms with van der Waals surface area (Å²) >= 11 is 0. The zero-order valence-corrected chi connectivity index (χ0v) is 23.0. The summed E-state index contributed by atoms with van der Waals surface area (Å²) in [5.74, 6) is 0.228. The Hall–Kier alpha value is -4.52. The molecule has 0 unspecified atom stereocenters. The maximum absolute atomic E-state index is 14.6. The van der Waals surface area contributed by atoms with E-state index in [1.165, 1.54) is 10.5 Å². The highest BCUT2D eigenvalue weighted by molar-refractivity contribution is 6.20. The van der Waals surface area contributed by atoms with E-state index < -0.39 is 29.3 Å². The minimum absolute atomic E-state index is 0.114. The molecule has 2 saturated heterocycles. The first-order chi connectivity index (χ1) is 19.9. The van der Waals surface area contributed by atoms with Crippen LogP contribution in [0, 0.1) is 18.3 Å². The van der Waals surface area contributed by atoms with Gasteiger partial charge >= 0.3 is 6.03 Å². The number of carbonyl (C=O) groups excluding carboxylic acids is 3. The Labute approximate surface area is 239 Å². The molecule has 0 radical (unpaired) electrons. The highest BCUT2D eigenvalue weighted by Crippen LogP contribution is 2.49. The smallest absolute Gasteiger partial charge is 0.331 e. The minimum Gasteiger partial charge on any atom is -0.352 e. The van der Waals surface area contributed by atoms with Gasteiger partial charge in [-0.15, -0.1) is 0 Å². The van der Waals surface area contributed by atoms with Crippen LogP contribution in [0.3, 0.4) is 0 Å². The number of rotatable bonds is 4. The second-order valence-electron chi connectivity index (χ2n) is 11.7. The van der Waals surface area contributed by atoms with Crippen molar-refractivity contribution in [3.63, 3.8) is 0 Å². The van der Waals surface area contributed by atoms with Gasteiger partial charge in [0.25, 0.3) is 0 Å². The molecule has 2 fully saturated rings. The lowest BCUT2D eigenvalue weighted by atomic mass is 9.64. The number of aryl methyl sites for hydroxylation is 1. The van der Waals surface area contributed by atoms with Crippen LogP contribution in [-0.4, -0.2) is 40.3 Å². The van der Waals surface area contributed by atoms with Crippen molar-refractivity contribution < 1.29 is 14.4 Å². The molecule has 1 aromatic heterocycles. The molecule has 4 heterocycles. The first-order valence-corrected chi connectivity index (χ1v) is 14.3. The quantitative estimate of drug-likeness (QED) is 0.358. The van der Waals surface area contributed by atoms with Crippen molar-refractivity contribution in [3.05, 3.63) is 107 Å². The number of imide groups is 2. The van der Waals surface area contributed by atoms with Gasteiger partial charge < -0.3 is 4.90 Å². The molecular formula is C34H32N4O3. The van der Waals surface area contributed by atoms with Gasteiger partial charge in [-0.3, -0.25) is 19.8 Å². The third kappa shape index (κ3) is 4.27. The summed E-state index contributed by atoms with van der Waals surface area (Å²) < 4.78 is 0. The summed E-state index contributed by atoms with van der Waals surface area (Å²) in [7, 11) is 0. The lowest BCUT2D eigenvalue weighted by molar-refractivity contribution is -0.154. The molecule has 1 N–H and O–H groups in total. The van der Waals surface area contributed by atoms with Crippen LogP contribution in [0.5, 0.6) is 0 Å². The number of nitrogens with one attached hydrogen (secondary N) is 1. The van der Waals surface area contributed by atoms with Crippen molar-refractivity contribution in [2.45, 2.75) is 45.2 Å². The molecule has 206 valence electrons. The number of amides is 4. The number of pyridine rings is 1. The van der Waals surface area contributed by atoms with E-state index in [0.29, 0.717) is 18.9 Å². The second kappa shape index (κ2) is 9.84. The summed E-state index contributed by atoms with van der Waals surface area (Å²) in [6.07, 6.45) is 2.67. The van der Waals surface area contributed by atoms with Crippen LogP contribution >= 0.6 is 0 Å². The SMILES string of the molecule is Cc1ccc2nc3c(cc2c1)C[C@@]1(C(=O)NC(=O)N(Cc2ccccc2)C1=O)[C@H]1C[C@@H](Cc2ccccc2)CCN31. The number of urea groups is 1. The molecule has 41 heavy (non-hydrogen) atoms. The number of hydrogen-bond donors (Lipinski definition) is 1. The first-order valence-electron chi connectivity index (χ1n) is 14.3. The van der Waals surface area contributed by atoms with Gasteiger partial charge in [-0.05, 0) is 67.0 Å². The van der Waals surface area contributed by atoms with Gasteiger partial charge in [0.05, 0.1) is 18.1 Å². The number of nitrogens with zero attached hydrogens (tertiary/aromatic N) is 3. The summed E-state index contributed by atoms with van der Waals surface area (Å²) in [6.45, 7) is 2.84. The number of benzene rings is 3. The van der Waals surface area contributed by atoms with E-state index in [4.69, 9.17) is 4.98 Å². The topological polar surface area (TPSA) is 82.6 Å². The zero-order chi connectivity index (χ0) is 28.1. The van der Waals surface area contributed by atoms with E-state index in [1.807, 2.05) is 61.5 Å². The number of anilines is 1. The van der Waals surface area contributed by atoms with E-state index in [9.17, 15) is 14.4 Å². The molecule has 0 bridgehead atoms. The summed E-state index contributed by atoms with van der Waals surface area (Å²) in [5.41, 5.74) is 3.55. The largest absolute Gasteiger partial charge is 0.352 e. The third-order valence-electron chi connectivity index (χ3n) is 9.10. The van der Waals surface area contributed by atoms with Gasteiger partial charge in [0.15, 0.2) is 5.41 Å². The number of piperidine rings is 1. The van der Waals surface area contributed by atoms with Crippen LogP contribution in [0.25, 0.3) is 10.9 Å². The molecule has 7 rings (SSSR count). The normalized spacial score (nSPS) is 23.9. The molecule has 7 nitrogen and oxygen atoms in total. The number of barbiturate groups is 1. The van der Waals surface area contributed by atoms with Crippen molar-refractivity contribution in [1.82, 2.24) is 15.2 Å². The number of hydrogen-bond acceptors (Lipinski definition) is 5. The monoisotopic (exact) mass is 544 g/mol. The minimum atomic E-state index is -1.43. The second-order valence-corrected chi connectivity index (χ2v) is 11.7. The van der Waals surface area contributed by atoms with Gasteiger partial charge in [-0.25, -0.2) is 9.78 Å². The average molecular weight is 545 g/mol. The molecule has 4 amide bonds.